The zero-order valence-electron chi connectivity index (χ0n) is 10.2. The first-order valence-corrected chi connectivity index (χ1v) is 7.60. The van der Waals surface area contributed by atoms with Crippen LogP contribution >= 0.6 is 22.7 Å². The highest BCUT2D eigenvalue weighted by atomic mass is 32.1. The predicted octanol–water partition coefficient (Wildman–Crippen LogP) is 2.78. The molecular formula is C13H14O4S2. The van der Waals surface area contributed by atoms with E-state index in [2.05, 4.69) is 0 Å². The van der Waals surface area contributed by atoms with Gasteiger partial charge in [0, 0.05) is 5.56 Å². The van der Waals surface area contributed by atoms with Crippen LogP contribution in [0.1, 0.15) is 17.5 Å². The summed E-state index contributed by atoms with van der Waals surface area (Å²) >= 11 is 3.11. The highest BCUT2D eigenvalue weighted by molar-refractivity contribution is 7.08. The number of aliphatic hydroxyl groups is 1. The summed E-state index contributed by atoms with van der Waals surface area (Å²) in [6.07, 6.45) is -1.29. The molecule has 0 radical (unpaired) electrons. The molecule has 1 unspecified atom stereocenters. The van der Waals surface area contributed by atoms with Gasteiger partial charge in [-0.3, -0.25) is 4.79 Å². The van der Waals surface area contributed by atoms with E-state index in [0.717, 1.165) is 11.1 Å². The van der Waals surface area contributed by atoms with Crippen LogP contribution in [0.2, 0.25) is 0 Å². The SMILES string of the molecule is O=C(CC(O)OCc1ccsc1)OCc1ccsc1. The van der Waals surface area contributed by atoms with Gasteiger partial charge in [-0.2, -0.15) is 22.7 Å². The highest BCUT2D eigenvalue weighted by Gasteiger charge is 2.13. The second-order valence-corrected chi connectivity index (χ2v) is 5.45. The molecule has 0 saturated carbocycles. The molecule has 4 nitrogen and oxygen atoms in total. The maximum absolute atomic E-state index is 11.5. The molecule has 102 valence electrons. The molecule has 1 atom stereocenters. The van der Waals surface area contributed by atoms with Crippen molar-refractivity contribution in [2.45, 2.75) is 25.9 Å². The van der Waals surface area contributed by atoms with E-state index in [-0.39, 0.29) is 13.0 Å². The van der Waals surface area contributed by atoms with Crippen molar-refractivity contribution in [3.63, 3.8) is 0 Å². The summed E-state index contributed by atoms with van der Waals surface area (Å²) in [4.78, 5) is 11.5. The minimum absolute atomic E-state index is 0.158. The molecule has 6 heteroatoms. The molecule has 19 heavy (non-hydrogen) atoms. The lowest BCUT2D eigenvalue weighted by atomic mass is 10.3. The lowest BCUT2D eigenvalue weighted by Gasteiger charge is -2.10. The standard InChI is InChI=1S/C13H14O4S2/c14-12(16-6-10-1-3-18-8-10)5-13(15)17-7-11-2-4-19-9-11/h1-4,8-9,12,14H,5-7H2. The number of ether oxygens (including phenoxy) is 2. The van der Waals surface area contributed by atoms with Crippen LogP contribution in [0.5, 0.6) is 0 Å². The number of esters is 1. The minimum atomic E-state index is -1.13. The first-order valence-electron chi connectivity index (χ1n) is 5.71. The van der Waals surface area contributed by atoms with E-state index in [9.17, 15) is 9.90 Å². The van der Waals surface area contributed by atoms with Gasteiger partial charge in [-0.25, -0.2) is 0 Å². The highest BCUT2D eigenvalue weighted by Crippen LogP contribution is 2.10. The quantitative estimate of drug-likeness (QED) is 0.631. The van der Waals surface area contributed by atoms with E-state index in [1.165, 1.54) is 0 Å². The lowest BCUT2D eigenvalue weighted by molar-refractivity contribution is -0.161. The maximum atomic E-state index is 11.5. The van der Waals surface area contributed by atoms with Crippen molar-refractivity contribution in [3.8, 4) is 0 Å². The summed E-state index contributed by atoms with van der Waals surface area (Å²) in [6.45, 7) is 0.530. The summed E-state index contributed by atoms with van der Waals surface area (Å²) in [7, 11) is 0. The molecule has 0 fully saturated rings. The normalized spacial score (nSPS) is 12.3. The molecule has 2 aromatic heterocycles. The maximum Gasteiger partial charge on any atom is 0.311 e. The number of carbonyl (C=O) groups is 1. The molecule has 0 spiro atoms. The second-order valence-electron chi connectivity index (χ2n) is 3.89. The summed E-state index contributed by atoms with van der Waals surface area (Å²) in [6, 6.07) is 3.80. The van der Waals surface area contributed by atoms with Crippen LogP contribution in [0.15, 0.2) is 33.7 Å². The van der Waals surface area contributed by atoms with Gasteiger partial charge < -0.3 is 14.6 Å². The Morgan fingerprint density at radius 2 is 1.79 bits per heavy atom. The van der Waals surface area contributed by atoms with Gasteiger partial charge in [0.2, 0.25) is 0 Å². The number of hydrogen-bond acceptors (Lipinski definition) is 6. The molecule has 0 aromatic carbocycles. The van der Waals surface area contributed by atoms with E-state index in [0.29, 0.717) is 6.61 Å². The van der Waals surface area contributed by atoms with E-state index in [4.69, 9.17) is 9.47 Å². The molecule has 0 bridgehead atoms. The summed E-state index contributed by atoms with van der Waals surface area (Å²) in [5, 5.41) is 17.3. The Hall–Kier alpha value is -1.21. The van der Waals surface area contributed by atoms with Crippen LogP contribution in [0, 0.1) is 0 Å². The van der Waals surface area contributed by atoms with Crippen molar-refractivity contribution in [1.29, 1.82) is 0 Å². The molecule has 0 aliphatic rings. The van der Waals surface area contributed by atoms with Crippen molar-refractivity contribution >= 4 is 28.6 Å². The third-order valence-corrected chi connectivity index (χ3v) is 3.81. The summed E-state index contributed by atoms with van der Waals surface area (Å²) in [5.74, 6) is -0.469. The first-order chi connectivity index (χ1) is 9.24. The molecule has 0 saturated heterocycles. The fourth-order valence-electron chi connectivity index (χ4n) is 1.37. The van der Waals surface area contributed by atoms with Gasteiger partial charge >= 0.3 is 5.97 Å². The Morgan fingerprint density at radius 3 is 2.37 bits per heavy atom. The number of carbonyl (C=O) groups excluding carboxylic acids is 1. The topological polar surface area (TPSA) is 55.8 Å². The molecule has 2 aromatic rings. The van der Waals surface area contributed by atoms with Gasteiger partial charge in [-0.05, 0) is 39.2 Å². The molecule has 2 heterocycles. The third-order valence-electron chi connectivity index (χ3n) is 2.34. The van der Waals surface area contributed by atoms with Crippen LogP contribution in [0.3, 0.4) is 0 Å². The largest absolute Gasteiger partial charge is 0.461 e. The van der Waals surface area contributed by atoms with Crippen LogP contribution in [-0.4, -0.2) is 17.4 Å². The van der Waals surface area contributed by atoms with E-state index in [1.54, 1.807) is 22.7 Å². The van der Waals surface area contributed by atoms with Gasteiger partial charge in [-0.1, -0.05) is 0 Å². The molecule has 0 amide bonds. The lowest BCUT2D eigenvalue weighted by Crippen LogP contribution is -2.18. The van der Waals surface area contributed by atoms with Gasteiger partial charge in [0.1, 0.15) is 6.61 Å². The van der Waals surface area contributed by atoms with E-state index in [1.807, 2.05) is 33.7 Å². The van der Waals surface area contributed by atoms with Gasteiger partial charge in [0.05, 0.1) is 13.0 Å². The zero-order chi connectivity index (χ0) is 13.5. The fraction of sp³-hybridized carbons (Fsp3) is 0.308. The Kier molecular flexibility index (Phi) is 5.53. The Labute approximate surface area is 119 Å². The average Bonchev–Trinajstić information content (AvgIpc) is 3.07. The zero-order valence-corrected chi connectivity index (χ0v) is 11.8. The number of hydrogen-bond donors (Lipinski definition) is 1. The van der Waals surface area contributed by atoms with Crippen molar-refractivity contribution in [2.75, 3.05) is 0 Å². The first kappa shape index (κ1) is 14.2. The monoisotopic (exact) mass is 298 g/mol. The number of rotatable bonds is 7. The smallest absolute Gasteiger partial charge is 0.311 e. The minimum Gasteiger partial charge on any atom is -0.461 e. The van der Waals surface area contributed by atoms with Gasteiger partial charge in [0.15, 0.2) is 6.29 Å². The van der Waals surface area contributed by atoms with Crippen LogP contribution < -0.4 is 0 Å². The van der Waals surface area contributed by atoms with Crippen molar-refractivity contribution in [3.05, 3.63) is 44.8 Å². The number of aliphatic hydroxyl groups excluding tert-OH is 1. The summed E-state index contributed by atoms with van der Waals surface area (Å²) in [5.41, 5.74) is 1.93. The van der Waals surface area contributed by atoms with Crippen molar-refractivity contribution < 1.29 is 19.4 Å². The molecule has 2 rings (SSSR count). The van der Waals surface area contributed by atoms with Crippen LogP contribution in [0.4, 0.5) is 0 Å². The Morgan fingerprint density at radius 1 is 1.16 bits per heavy atom. The van der Waals surface area contributed by atoms with E-state index >= 15 is 0 Å². The second kappa shape index (κ2) is 7.40. The molecule has 0 aliphatic heterocycles. The van der Waals surface area contributed by atoms with Crippen molar-refractivity contribution in [2.24, 2.45) is 0 Å². The van der Waals surface area contributed by atoms with Gasteiger partial charge in [0.25, 0.3) is 0 Å². The van der Waals surface area contributed by atoms with Crippen LogP contribution in [0.25, 0.3) is 0 Å². The van der Waals surface area contributed by atoms with Crippen LogP contribution in [-0.2, 0) is 27.5 Å². The predicted molar refractivity (Wildman–Crippen MR) is 73.8 cm³/mol. The van der Waals surface area contributed by atoms with E-state index < -0.39 is 12.3 Å². The van der Waals surface area contributed by atoms with Crippen molar-refractivity contribution in [1.82, 2.24) is 0 Å². The Balaban J connectivity index is 1.64. The molecular weight excluding hydrogens is 284 g/mol. The number of thiophene rings is 2. The summed E-state index contributed by atoms with van der Waals surface area (Å²) < 4.78 is 10.2. The fourth-order valence-corrected chi connectivity index (χ4v) is 2.67. The average molecular weight is 298 g/mol. The molecule has 0 aliphatic carbocycles. The van der Waals surface area contributed by atoms with Gasteiger partial charge in [-0.15, -0.1) is 0 Å². The Bertz CT molecular complexity index is 479. The molecule has 1 N–H and O–H groups in total. The third kappa shape index (κ3) is 5.12.